The third kappa shape index (κ3) is 3.20. The quantitative estimate of drug-likeness (QED) is 0.455. The lowest BCUT2D eigenvalue weighted by Gasteiger charge is -2.48. The number of hydrogen-bond acceptors (Lipinski definition) is 4. The number of nitrogens with zero attached hydrogens (tertiary/aromatic N) is 5. The topological polar surface area (TPSA) is 79.7 Å². The van der Waals surface area contributed by atoms with Crippen LogP contribution < -0.4 is 4.90 Å². The van der Waals surface area contributed by atoms with Crippen LogP contribution in [0, 0.1) is 18.8 Å². The lowest BCUT2D eigenvalue weighted by molar-refractivity contribution is -0.212. The Hall–Kier alpha value is -3.69. The molecular formula is C23H19F3N6O. The lowest BCUT2D eigenvalue weighted by Crippen LogP contribution is -2.56. The van der Waals surface area contributed by atoms with Crippen LogP contribution in [0.2, 0.25) is 0 Å². The normalized spacial score (nSPS) is 21.0. The van der Waals surface area contributed by atoms with Crippen molar-refractivity contribution in [3.63, 3.8) is 0 Å². The maximum Gasteiger partial charge on any atom is 0.504 e. The first kappa shape index (κ1) is 20.0. The number of anilines is 1. The van der Waals surface area contributed by atoms with Gasteiger partial charge in [-0.2, -0.15) is 9.78 Å². The number of aromatic amines is 1. The van der Waals surface area contributed by atoms with E-state index in [9.17, 15) is 18.0 Å². The van der Waals surface area contributed by atoms with Crippen molar-refractivity contribution >= 4 is 22.6 Å². The van der Waals surface area contributed by atoms with Crippen molar-refractivity contribution < 1.29 is 18.0 Å². The zero-order valence-corrected chi connectivity index (χ0v) is 17.5. The van der Waals surface area contributed by atoms with E-state index in [1.54, 1.807) is 17.3 Å². The number of imidazole rings is 1. The van der Waals surface area contributed by atoms with Crippen LogP contribution in [0.3, 0.4) is 0 Å². The molecule has 0 radical (unpaired) electrons. The Labute approximate surface area is 186 Å². The van der Waals surface area contributed by atoms with Gasteiger partial charge < -0.3 is 9.88 Å². The van der Waals surface area contributed by atoms with E-state index in [2.05, 4.69) is 20.1 Å². The van der Waals surface area contributed by atoms with Crippen LogP contribution in [0.25, 0.3) is 22.3 Å². The van der Waals surface area contributed by atoms with Crippen LogP contribution in [-0.4, -0.2) is 30.6 Å². The highest BCUT2D eigenvalue weighted by molar-refractivity contribution is 6.04. The minimum absolute atomic E-state index is 0.0338. The number of nitrogens with one attached hydrogen (secondary N) is 1. The summed E-state index contributed by atoms with van der Waals surface area (Å²) >= 11 is 0. The predicted molar refractivity (Wildman–Crippen MR) is 114 cm³/mol. The maximum absolute atomic E-state index is 13.2. The van der Waals surface area contributed by atoms with Crippen LogP contribution in [0.1, 0.15) is 30.1 Å². The van der Waals surface area contributed by atoms with E-state index in [1.165, 1.54) is 0 Å². The summed E-state index contributed by atoms with van der Waals surface area (Å²) in [5, 5.41) is 3.39. The SMILES string of the molecule is Cc1nc(-c2cnn(C(F)(F)F)c2)ccc1[C@H]1C(C2CC2)C(=O)N1c1ccc2[nH]cnc2c1. The number of alkyl halides is 3. The van der Waals surface area contributed by atoms with E-state index < -0.39 is 6.30 Å². The maximum atomic E-state index is 13.2. The number of pyridine rings is 1. The molecule has 1 amide bonds. The van der Waals surface area contributed by atoms with E-state index in [0.717, 1.165) is 47.5 Å². The Kier molecular flexibility index (Phi) is 4.17. The molecule has 6 rings (SSSR count). The lowest BCUT2D eigenvalue weighted by atomic mass is 9.78. The van der Waals surface area contributed by atoms with Crippen molar-refractivity contribution in [2.75, 3.05) is 4.90 Å². The fraction of sp³-hybridized carbons (Fsp3) is 0.304. The van der Waals surface area contributed by atoms with Crippen LogP contribution in [-0.2, 0) is 11.1 Å². The number of halogens is 3. The second kappa shape index (κ2) is 6.90. The summed E-state index contributed by atoms with van der Waals surface area (Å²) in [5.74, 6) is 0.337. The molecule has 1 aliphatic heterocycles. The molecule has 1 N–H and O–H groups in total. The molecule has 1 aliphatic carbocycles. The van der Waals surface area contributed by atoms with E-state index >= 15 is 0 Å². The Balaban J connectivity index is 1.37. The van der Waals surface area contributed by atoms with Gasteiger partial charge in [0.15, 0.2) is 0 Å². The molecule has 2 aliphatic rings. The molecule has 1 unspecified atom stereocenters. The third-order valence-electron chi connectivity index (χ3n) is 6.54. The largest absolute Gasteiger partial charge is 0.504 e. The Morgan fingerprint density at radius 3 is 2.67 bits per heavy atom. The zero-order chi connectivity index (χ0) is 22.9. The second-order valence-electron chi connectivity index (χ2n) is 8.63. The molecule has 1 saturated heterocycles. The molecule has 10 heteroatoms. The summed E-state index contributed by atoms with van der Waals surface area (Å²) in [4.78, 5) is 26.9. The molecule has 4 aromatic rings. The molecule has 1 aromatic carbocycles. The van der Waals surface area contributed by atoms with E-state index in [-0.39, 0.29) is 28.1 Å². The van der Waals surface area contributed by atoms with Crippen molar-refractivity contribution in [1.82, 2.24) is 24.7 Å². The first-order valence-electron chi connectivity index (χ1n) is 10.7. The number of fused-ring (bicyclic) bond motifs is 1. The van der Waals surface area contributed by atoms with Gasteiger partial charge in [0.1, 0.15) is 0 Å². The van der Waals surface area contributed by atoms with E-state index in [1.807, 2.05) is 31.2 Å². The van der Waals surface area contributed by atoms with Gasteiger partial charge in [-0.1, -0.05) is 6.07 Å². The summed E-state index contributed by atoms with van der Waals surface area (Å²) in [7, 11) is 0. The molecule has 1 saturated carbocycles. The highest BCUT2D eigenvalue weighted by Gasteiger charge is 2.55. The summed E-state index contributed by atoms with van der Waals surface area (Å²) < 4.78 is 38.7. The fourth-order valence-corrected chi connectivity index (χ4v) is 4.76. The predicted octanol–water partition coefficient (Wildman–Crippen LogP) is 4.72. The van der Waals surface area contributed by atoms with Gasteiger partial charge in [-0.05, 0) is 55.5 Å². The Morgan fingerprint density at radius 2 is 1.97 bits per heavy atom. The number of β-lactam (4-membered cyclic amide) rings is 1. The molecular weight excluding hydrogens is 433 g/mol. The van der Waals surface area contributed by atoms with Gasteiger partial charge in [-0.3, -0.25) is 9.78 Å². The monoisotopic (exact) mass is 452 g/mol. The first-order valence-corrected chi connectivity index (χ1v) is 10.7. The minimum Gasteiger partial charge on any atom is -0.345 e. The minimum atomic E-state index is -4.58. The van der Waals surface area contributed by atoms with Gasteiger partial charge in [-0.25, -0.2) is 4.98 Å². The van der Waals surface area contributed by atoms with Gasteiger partial charge in [0, 0.05) is 23.1 Å². The van der Waals surface area contributed by atoms with E-state index in [0.29, 0.717) is 17.3 Å². The molecule has 2 atom stereocenters. The number of benzene rings is 1. The highest BCUT2D eigenvalue weighted by Crippen LogP contribution is 2.54. The number of aryl methyl sites for hydroxylation is 1. The molecule has 168 valence electrons. The number of hydrogen-bond donors (Lipinski definition) is 1. The summed E-state index contributed by atoms with van der Waals surface area (Å²) in [6, 6.07) is 9.09. The number of H-pyrrole nitrogens is 1. The Morgan fingerprint density at radius 1 is 1.15 bits per heavy atom. The highest BCUT2D eigenvalue weighted by atomic mass is 19.4. The molecule has 0 bridgehead atoms. The van der Waals surface area contributed by atoms with Crippen molar-refractivity contribution in [3.05, 3.63) is 60.3 Å². The average Bonchev–Trinajstić information content (AvgIpc) is 3.25. The number of carbonyl (C=O) groups excluding carboxylic acids is 1. The third-order valence-corrected chi connectivity index (χ3v) is 6.54. The number of aromatic nitrogens is 5. The second-order valence-corrected chi connectivity index (χ2v) is 8.63. The molecule has 3 aromatic heterocycles. The smallest absolute Gasteiger partial charge is 0.345 e. The summed E-state index contributed by atoms with van der Waals surface area (Å²) in [5.41, 5.74) is 4.72. The summed E-state index contributed by atoms with van der Waals surface area (Å²) in [6.07, 6.45) is 1.17. The van der Waals surface area contributed by atoms with Gasteiger partial charge in [0.05, 0.1) is 41.2 Å². The molecule has 4 heterocycles. The number of rotatable bonds is 4. The molecule has 2 fully saturated rings. The molecule has 33 heavy (non-hydrogen) atoms. The van der Waals surface area contributed by atoms with Gasteiger partial charge in [-0.15, -0.1) is 13.2 Å². The number of carbonyl (C=O) groups is 1. The van der Waals surface area contributed by atoms with Crippen LogP contribution in [0.5, 0.6) is 0 Å². The zero-order valence-electron chi connectivity index (χ0n) is 17.5. The molecule has 7 nitrogen and oxygen atoms in total. The van der Waals surface area contributed by atoms with Gasteiger partial charge in [0.25, 0.3) is 0 Å². The van der Waals surface area contributed by atoms with Gasteiger partial charge in [0.2, 0.25) is 5.91 Å². The van der Waals surface area contributed by atoms with Crippen molar-refractivity contribution in [3.8, 4) is 11.3 Å². The summed E-state index contributed by atoms with van der Waals surface area (Å²) in [6.45, 7) is 1.83. The van der Waals surface area contributed by atoms with Crippen molar-refractivity contribution in [1.29, 1.82) is 0 Å². The van der Waals surface area contributed by atoms with Crippen LogP contribution in [0.15, 0.2) is 49.1 Å². The first-order chi connectivity index (χ1) is 15.8. The van der Waals surface area contributed by atoms with Crippen molar-refractivity contribution in [2.24, 2.45) is 11.8 Å². The average molecular weight is 452 g/mol. The number of amides is 1. The van der Waals surface area contributed by atoms with Crippen LogP contribution in [0.4, 0.5) is 18.9 Å². The van der Waals surface area contributed by atoms with E-state index in [4.69, 9.17) is 0 Å². The fourth-order valence-electron chi connectivity index (χ4n) is 4.76. The van der Waals surface area contributed by atoms with Crippen LogP contribution >= 0.6 is 0 Å². The van der Waals surface area contributed by atoms with Gasteiger partial charge >= 0.3 is 6.30 Å². The Bertz CT molecular complexity index is 1390. The standard InChI is InChI=1S/C23H19F3N6O/c1-12-16(5-7-17(30-12)14-9-29-31(10-14)23(24,25)26)21-20(13-2-3-13)22(33)32(21)15-4-6-18-19(8-15)28-11-27-18/h4-11,13,20-21H,2-3H2,1H3,(H,27,28)/t20?,21-/m0/s1. The van der Waals surface area contributed by atoms with Crippen molar-refractivity contribution in [2.45, 2.75) is 32.1 Å². The molecule has 0 spiro atoms.